The minimum atomic E-state index is -1.29. The van der Waals surface area contributed by atoms with Crippen LogP contribution in [0.2, 0.25) is 0 Å². The van der Waals surface area contributed by atoms with Crippen LogP contribution < -0.4 is 0 Å². The number of aldehydes is 1. The van der Waals surface area contributed by atoms with Crippen molar-refractivity contribution in [3.05, 3.63) is 35.9 Å². The Hall–Kier alpha value is -1.72. The van der Waals surface area contributed by atoms with Crippen LogP contribution in [0.15, 0.2) is 30.3 Å². The number of hydrogen-bond donors (Lipinski definition) is 1. The molecule has 108 valence electrons. The molecule has 5 nitrogen and oxygen atoms in total. The van der Waals surface area contributed by atoms with E-state index in [2.05, 4.69) is 0 Å². The van der Waals surface area contributed by atoms with Crippen molar-refractivity contribution in [3.63, 3.8) is 0 Å². The minimum absolute atomic E-state index is 0.363. The van der Waals surface area contributed by atoms with E-state index in [9.17, 15) is 14.7 Å². The lowest BCUT2D eigenvalue weighted by Gasteiger charge is -2.30. The first-order chi connectivity index (χ1) is 9.72. The van der Waals surface area contributed by atoms with Crippen molar-refractivity contribution in [2.75, 3.05) is 26.3 Å². The summed E-state index contributed by atoms with van der Waals surface area (Å²) in [6.45, 7) is 1.88. The Labute approximate surface area is 118 Å². The number of aliphatic hydroxyl groups excluding tert-OH is 1. The molecule has 0 bridgehead atoms. The lowest BCUT2D eigenvalue weighted by molar-refractivity contribution is -0.148. The molecule has 0 unspecified atom stereocenters. The van der Waals surface area contributed by atoms with Gasteiger partial charge in [0.15, 0.2) is 0 Å². The quantitative estimate of drug-likeness (QED) is 0.784. The molecule has 0 radical (unpaired) electrons. The average molecular weight is 277 g/mol. The Morgan fingerprint density at radius 1 is 1.30 bits per heavy atom. The SMILES string of the molecule is O=C[C@H](Cc1ccccc1)[C@H](O)C(=O)N1CCOCC1. The van der Waals surface area contributed by atoms with Crippen molar-refractivity contribution in [2.45, 2.75) is 12.5 Å². The number of amides is 1. The summed E-state index contributed by atoms with van der Waals surface area (Å²) in [5, 5.41) is 10.1. The third kappa shape index (κ3) is 3.65. The highest BCUT2D eigenvalue weighted by molar-refractivity contribution is 5.84. The number of aliphatic hydroxyl groups is 1. The van der Waals surface area contributed by atoms with Crippen molar-refractivity contribution in [2.24, 2.45) is 5.92 Å². The third-order valence-electron chi connectivity index (χ3n) is 3.47. The normalized spacial score (nSPS) is 18.4. The summed E-state index contributed by atoms with van der Waals surface area (Å²) in [5.41, 5.74) is 0.929. The summed E-state index contributed by atoms with van der Waals surface area (Å²) < 4.78 is 5.17. The zero-order chi connectivity index (χ0) is 14.4. The van der Waals surface area contributed by atoms with Crippen molar-refractivity contribution in [3.8, 4) is 0 Å². The molecule has 5 heteroatoms. The molecule has 1 N–H and O–H groups in total. The van der Waals surface area contributed by atoms with Gasteiger partial charge in [-0.05, 0) is 12.0 Å². The van der Waals surface area contributed by atoms with Gasteiger partial charge in [0.2, 0.25) is 0 Å². The van der Waals surface area contributed by atoms with Crippen LogP contribution in [-0.4, -0.2) is 54.6 Å². The summed E-state index contributed by atoms with van der Waals surface area (Å²) in [6.07, 6.45) is -0.261. The molecule has 1 aliphatic heterocycles. The van der Waals surface area contributed by atoms with Crippen molar-refractivity contribution < 1.29 is 19.4 Å². The van der Waals surface area contributed by atoms with Gasteiger partial charge in [0.05, 0.1) is 19.1 Å². The van der Waals surface area contributed by atoms with Crippen LogP contribution >= 0.6 is 0 Å². The Kier molecular flexibility index (Phi) is 5.26. The fraction of sp³-hybridized carbons (Fsp3) is 0.467. The van der Waals surface area contributed by atoms with Gasteiger partial charge in [0.25, 0.3) is 5.91 Å². The highest BCUT2D eigenvalue weighted by Crippen LogP contribution is 2.13. The molecular formula is C15H19NO4. The number of carbonyl (C=O) groups excluding carboxylic acids is 2. The predicted molar refractivity (Wildman–Crippen MR) is 73.1 cm³/mol. The summed E-state index contributed by atoms with van der Waals surface area (Å²) in [5.74, 6) is -1.10. The molecule has 1 saturated heterocycles. The average Bonchev–Trinajstić information content (AvgIpc) is 2.53. The topological polar surface area (TPSA) is 66.8 Å². The molecule has 1 fully saturated rings. The molecule has 2 atom stereocenters. The lowest BCUT2D eigenvalue weighted by atomic mass is 9.94. The first-order valence-corrected chi connectivity index (χ1v) is 6.76. The fourth-order valence-corrected chi connectivity index (χ4v) is 2.27. The van der Waals surface area contributed by atoms with Gasteiger partial charge in [0.1, 0.15) is 12.4 Å². The van der Waals surface area contributed by atoms with Crippen LogP contribution in [-0.2, 0) is 20.7 Å². The van der Waals surface area contributed by atoms with Crippen molar-refractivity contribution in [1.29, 1.82) is 0 Å². The minimum Gasteiger partial charge on any atom is -0.382 e. The van der Waals surface area contributed by atoms with E-state index in [1.54, 1.807) is 4.90 Å². The van der Waals surface area contributed by atoms with Gasteiger partial charge >= 0.3 is 0 Å². The summed E-state index contributed by atoms with van der Waals surface area (Å²) >= 11 is 0. The van der Waals surface area contributed by atoms with E-state index in [1.807, 2.05) is 30.3 Å². The molecule has 0 saturated carbocycles. The number of morpholine rings is 1. The van der Waals surface area contributed by atoms with Gasteiger partial charge in [-0.3, -0.25) is 4.79 Å². The summed E-state index contributed by atoms with van der Waals surface area (Å²) in [7, 11) is 0. The van der Waals surface area contributed by atoms with Crippen LogP contribution in [0.5, 0.6) is 0 Å². The smallest absolute Gasteiger partial charge is 0.252 e. The Morgan fingerprint density at radius 3 is 2.55 bits per heavy atom. The first-order valence-electron chi connectivity index (χ1n) is 6.76. The molecule has 20 heavy (non-hydrogen) atoms. The van der Waals surface area contributed by atoms with Gasteiger partial charge in [-0.2, -0.15) is 0 Å². The van der Waals surface area contributed by atoms with Crippen LogP contribution in [0.3, 0.4) is 0 Å². The van der Waals surface area contributed by atoms with E-state index in [1.165, 1.54) is 0 Å². The largest absolute Gasteiger partial charge is 0.382 e. The third-order valence-corrected chi connectivity index (χ3v) is 3.47. The number of ether oxygens (including phenoxy) is 1. The summed E-state index contributed by atoms with van der Waals surface area (Å²) in [4.78, 5) is 24.9. The van der Waals surface area contributed by atoms with Gasteiger partial charge < -0.3 is 19.5 Å². The molecule has 2 rings (SSSR count). The van der Waals surface area contributed by atoms with E-state index in [4.69, 9.17) is 4.74 Å². The van der Waals surface area contributed by atoms with Gasteiger partial charge in [-0.1, -0.05) is 30.3 Å². The van der Waals surface area contributed by atoms with Crippen LogP contribution in [0.4, 0.5) is 0 Å². The molecule has 1 amide bonds. The molecule has 1 aromatic carbocycles. The summed E-state index contributed by atoms with van der Waals surface area (Å²) in [6, 6.07) is 9.38. The maximum atomic E-state index is 12.2. The molecular weight excluding hydrogens is 258 g/mol. The van der Waals surface area contributed by atoms with E-state index >= 15 is 0 Å². The molecule has 1 aliphatic rings. The van der Waals surface area contributed by atoms with Crippen molar-refractivity contribution in [1.82, 2.24) is 4.90 Å². The maximum absolute atomic E-state index is 12.2. The molecule has 0 aliphatic carbocycles. The van der Waals surface area contributed by atoms with E-state index in [0.29, 0.717) is 39.0 Å². The van der Waals surface area contributed by atoms with E-state index in [0.717, 1.165) is 5.56 Å². The van der Waals surface area contributed by atoms with Crippen molar-refractivity contribution >= 4 is 12.2 Å². The Balaban J connectivity index is 1.99. The second-order valence-corrected chi connectivity index (χ2v) is 4.87. The fourth-order valence-electron chi connectivity index (χ4n) is 2.27. The van der Waals surface area contributed by atoms with Gasteiger partial charge in [-0.25, -0.2) is 0 Å². The second kappa shape index (κ2) is 7.17. The predicted octanol–water partition coefficient (Wildman–Crippen LogP) is 0.264. The number of rotatable bonds is 5. The number of carbonyl (C=O) groups is 2. The monoisotopic (exact) mass is 277 g/mol. The highest BCUT2D eigenvalue weighted by atomic mass is 16.5. The Morgan fingerprint density at radius 2 is 1.95 bits per heavy atom. The van der Waals surface area contributed by atoms with Crippen LogP contribution in [0.25, 0.3) is 0 Å². The zero-order valence-corrected chi connectivity index (χ0v) is 11.3. The van der Waals surface area contributed by atoms with E-state index < -0.39 is 12.0 Å². The molecule has 1 heterocycles. The number of benzene rings is 1. The Bertz CT molecular complexity index is 442. The first kappa shape index (κ1) is 14.7. The standard InChI is InChI=1S/C15H19NO4/c17-11-13(10-12-4-2-1-3-5-12)14(18)15(19)16-6-8-20-9-7-16/h1-5,11,13-14,18H,6-10H2/t13-,14-/m0/s1. The highest BCUT2D eigenvalue weighted by Gasteiger charge is 2.30. The van der Waals surface area contributed by atoms with Gasteiger partial charge in [-0.15, -0.1) is 0 Å². The van der Waals surface area contributed by atoms with E-state index in [-0.39, 0.29) is 5.91 Å². The lowest BCUT2D eigenvalue weighted by Crippen LogP contribution is -2.48. The maximum Gasteiger partial charge on any atom is 0.252 e. The molecule has 1 aromatic rings. The van der Waals surface area contributed by atoms with Crippen LogP contribution in [0, 0.1) is 5.92 Å². The van der Waals surface area contributed by atoms with Gasteiger partial charge in [0, 0.05) is 13.1 Å². The molecule has 0 aromatic heterocycles. The zero-order valence-electron chi connectivity index (χ0n) is 11.3. The number of nitrogens with zero attached hydrogens (tertiary/aromatic N) is 1. The number of hydrogen-bond acceptors (Lipinski definition) is 4. The van der Waals surface area contributed by atoms with Crippen LogP contribution in [0.1, 0.15) is 5.56 Å². The second-order valence-electron chi connectivity index (χ2n) is 4.87. The molecule has 0 spiro atoms.